The maximum Gasteiger partial charge on any atom is 0.212 e. The van der Waals surface area contributed by atoms with Crippen LogP contribution >= 0.6 is 0 Å². The van der Waals surface area contributed by atoms with Crippen molar-refractivity contribution in [2.45, 2.75) is 0 Å². The van der Waals surface area contributed by atoms with Crippen LogP contribution in [-0.2, 0) is 0 Å². The SMILES string of the molecule is COc1ccc(C(=O)c2ccc(F)cc2)cn1. The number of ketones is 1. The molecule has 0 unspecified atom stereocenters. The molecule has 86 valence electrons. The van der Waals surface area contributed by atoms with Crippen molar-refractivity contribution in [1.29, 1.82) is 0 Å². The number of hydrogen-bond donors (Lipinski definition) is 0. The highest BCUT2D eigenvalue weighted by Crippen LogP contribution is 2.12. The molecule has 0 saturated heterocycles. The van der Waals surface area contributed by atoms with Crippen LogP contribution in [0.3, 0.4) is 0 Å². The highest BCUT2D eigenvalue weighted by molar-refractivity contribution is 6.08. The minimum atomic E-state index is -0.366. The molecular weight excluding hydrogens is 221 g/mol. The van der Waals surface area contributed by atoms with Gasteiger partial charge in [-0.2, -0.15) is 0 Å². The third-order valence-electron chi connectivity index (χ3n) is 2.31. The van der Waals surface area contributed by atoms with Crippen LogP contribution in [0.25, 0.3) is 0 Å². The standard InChI is InChI=1S/C13H10FNO2/c1-17-12-7-4-10(8-15-12)13(16)9-2-5-11(14)6-3-9/h2-8H,1H3. The average molecular weight is 231 g/mol. The van der Waals surface area contributed by atoms with Gasteiger partial charge in [0.05, 0.1) is 7.11 Å². The summed E-state index contributed by atoms with van der Waals surface area (Å²) in [6.07, 6.45) is 1.44. The van der Waals surface area contributed by atoms with Gasteiger partial charge in [-0.15, -0.1) is 0 Å². The fourth-order valence-electron chi connectivity index (χ4n) is 1.40. The van der Waals surface area contributed by atoms with Crippen molar-refractivity contribution in [3.63, 3.8) is 0 Å². The van der Waals surface area contributed by atoms with E-state index >= 15 is 0 Å². The number of pyridine rings is 1. The molecule has 0 bridgehead atoms. The summed E-state index contributed by atoms with van der Waals surface area (Å²) in [7, 11) is 1.50. The lowest BCUT2D eigenvalue weighted by atomic mass is 10.1. The van der Waals surface area contributed by atoms with Crippen LogP contribution in [0, 0.1) is 5.82 Å². The van der Waals surface area contributed by atoms with Gasteiger partial charge in [0.2, 0.25) is 5.88 Å². The van der Waals surface area contributed by atoms with E-state index in [4.69, 9.17) is 4.74 Å². The minimum Gasteiger partial charge on any atom is -0.481 e. The molecule has 3 nitrogen and oxygen atoms in total. The molecule has 0 aliphatic rings. The molecule has 2 rings (SSSR count). The molecule has 1 aromatic heterocycles. The monoisotopic (exact) mass is 231 g/mol. The van der Waals surface area contributed by atoms with E-state index in [1.54, 1.807) is 12.1 Å². The molecule has 0 N–H and O–H groups in total. The van der Waals surface area contributed by atoms with Crippen molar-refractivity contribution >= 4 is 5.78 Å². The van der Waals surface area contributed by atoms with Gasteiger partial charge in [0.25, 0.3) is 0 Å². The van der Waals surface area contributed by atoms with Gasteiger partial charge < -0.3 is 4.74 Å². The van der Waals surface area contributed by atoms with E-state index < -0.39 is 0 Å². The van der Waals surface area contributed by atoms with Crippen LogP contribution < -0.4 is 4.74 Å². The Morgan fingerprint density at radius 2 is 1.76 bits per heavy atom. The number of nitrogens with zero attached hydrogens (tertiary/aromatic N) is 1. The number of hydrogen-bond acceptors (Lipinski definition) is 3. The topological polar surface area (TPSA) is 39.2 Å². The zero-order valence-electron chi connectivity index (χ0n) is 9.18. The number of benzene rings is 1. The first-order valence-electron chi connectivity index (χ1n) is 5.01. The van der Waals surface area contributed by atoms with Crippen LogP contribution in [0.2, 0.25) is 0 Å². The smallest absolute Gasteiger partial charge is 0.212 e. The van der Waals surface area contributed by atoms with E-state index in [1.165, 1.54) is 37.6 Å². The number of methoxy groups -OCH3 is 1. The minimum absolute atomic E-state index is 0.194. The number of aromatic nitrogens is 1. The second-order valence-electron chi connectivity index (χ2n) is 3.43. The molecule has 0 radical (unpaired) electrons. The first-order chi connectivity index (χ1) is 8.20. The summed E-state index contributed by atoms with van der Waals surface area (Å²) in [5.41, 5.74) is 0.871. The Bertz CT molecular complexity index is 520. The predicted octanol–water partition coefficient (Wildman–Crippen LogP) is 2.46. The number of rotatable bonds is 3. The molecule has 0 spiro atoms. The quantitative estimate of drug-likeness (QED) is 0.762. The summed E-state index contributed by atoms with van der Waals surface area (Å²) in [4.78, 5) is 15.9. The highest BCUT2D eigenvalue weighted by Gasteiger charge is 2.09. The van der Waals surface area contributed by atoms with Crippen LogP contribution in [0.4, 0.5) is 4.39 Å². The van der Waals surface area contributed by atoms with Gasteiger partial charge in [-0.05, 0) is 30.3 Å². The van der Waals surface area contributed by atoms with Gasteiger partial charge in [-0.1, -0.05) is 0 Å². The Kier molecular flexibility index (Phi) is 3.14. The number of halogens is 1. The van der Waals surface area contributed by atoms with Crippen molar-refractivity contribution in [2.24, 2.45) is 0 Å². The zero-order chi connectivity index (χ0) is 12.3. The Balaban J connectivity index is 2.27. The molecule has 0 saturated carbocycles. The van der Waals surface area contributed by atoms with Crippen molar-refractivity contribution < 1.29 is 13.9 Å². The molecule has 2 aromatic rings. The van der Waals surface area contributed by atoms with Crippen molar-refractivity contribution in [1.82, 2.24) is 4.98 Å². The van der Waals surface area contributed by atoms with Gasteiger partial charge in [0.1, 0.15) is 5.82 Å². The number of ether oxygens (including phenoxy) is 1. The van der Waals surface area contributed by atoms with Crippen LogP contribution in [-0.4, -0.2) is 17.9 Å². The molecule has 0 aliphatic heterocycles. The second-order valence-corrected chi connectivity index (χ2v) is 3.43. The largest absolute Gasteiger partial charge is 0.481 e. The van der Waals surface area contributed by atoms with Crippen molar-refractivity contribution in [2.75, 3.05) is 7.11 Å². The summed E-state index contributed by atoms with van der Waals surface area (Å²) in [6.45, 7) is 0. The van der Waals surface area contributed by atoms with E-state index in [-0.39, 0.29) is 11.6 Å². The van der Waals surface area contributed by atoms with E-state index in [2.05, 4.69) is 4.98 Å². The van der Waals surface area contributed by atoms with E-state index in [9.17, 15) is 9.18 Å². The zero-order valence-corrected chi connectivity index (χ0v) is 9.18. The Morgan fingerprint density at radius 3 is 2.29 bits per heavy atom. The third kappa shape index (κ3) is 2.47. The van der Waals surface area contributed by atoms with E-state index in [0.717, 1.165) is 0 Å². The fourth-order valence-corrected chi connectivity index (χ4v) is 1.40. The lowest BCUT2D eigenvalue weighted by Crippen LogP contribution is -2.02. The number of carbonyl (C=O) groups excluding carboxylic acids is 1. The van der Waals surface area contributed by atoms with Gasteiger partial charge in [0.15, 0.2) is 5.78 Å². The normalized spacial score (nSPS) is 10.0. The Morgan fingerprint density at radius 1 is 1.12 bits per heavy atom. The van der Waals surface area contributed by atoms with E-state index in [0.29, 0.717) is 17.0 Å². The first-order valence-corrected chi connectivity index (χ1v) is 5.01. The van der Waals surface area contributed by atoms with Crippen LogP contribution in [0.5, 0.6) is 5.88 Å². The highest BCUT2D eigenvalue weighted by atomic mass is 19.1. The van der Waals surface area contributed by atoms with Gasteiger partial charge in [0, 0.05) is 23.4 Å². The molecule has 1 aromatic carbocycles. The summed E-state index contributed by atoms with van der Waals surface area (Å²) >= 11 is 0. The van der Waals surface area contributed by atoms with Gasteiger partial charge >= 0.3 is 0 Å². The molecule has 0 atom stereocenters. The summed E-state index contributed by atoms with van der Waals surface area (Å²) in [5, 5.41) is 0. The molecule has 0 aliphatic carbocycles. The van der Waals surface area contributed by atoms with Crippen LogP contribution in [0.1, 0.15) is 15.9 Å². The Hall–Kier alpha value is -2.23. The van der Waals surface area contributed by atoms with Gasteiger partial charge in [-0.3, -0.25) is 4.79 Å². The maximum atomic E-state index is 12.7. The molecule has 1 heterocycles. The average Bonchev–Trinajstić information content (AvgIpc) is 2.39. The van der Waals surface area contributed by atoms with Gasteiger partial charge in [-0.25, -0.2) is 9.37 Å². The lowest BCUT2D eigenvalue weighted by molar-refractivity contribution is 0.103. The summed E-state index contributed by atoms with van der Waals surface area (Å²) in [6, 6.07) is 8.63. The first kappa shape index (κ1) is 11.3. The molecule has 17 heavy (non-hydrogen) atoms. The molecule has 0 amide bonds. The molecule has 0 fully saturated rings. The summed E-state index contributed by atoms with van der Waals surface area (Å²) in [5.74, 6) is -0.116. The number of carbonyl (C=O) groups is 1. The second kappa shape index (κ2) is 4.74. The molecule has 4 heteroatoms. The fraction of sp³-hybridized carbons (Fsp3) is 0.0769. The van der Waals surface area contributed by atoms with E-state index in [1.807, 2.05) is 0 Å². The Labute approximate surface area is 97.9 Å². The lowest BCUT2D eigenvalue weighted by Gasteiger charge is -2.02. The predicted molar refractivity (Wildman–Crippen MR) is 60.6 cm³/mol. The van der Waals surface area contributed by atoms with Crippen molar-refractivity contribution in [3.05, 3.63) is 59.5 Å². The van der Waals surface area contributed by atoms with Crippen molar-refractivity contribution in [3.8, 4) is 5.88 Å². The molecular formula is C13H10FNO2. The van der Waals surface area contributed by atoms with Crippen LogP contribution in [0.15, 0.2) is 42.6 Å². The third-order valence-corrected chi connectivity index (χ3v) is 2.31. The summed E-state index contributed by atoms with van der Waals surface area (Å²) < 4.78 is 17.6. The maximum absolute atomic E-state index is 12.7.